The fourth-order valence-corrected chi connectivity index (χ4v) is 2.02. The smallest absolute Gasteiger partial charge is 0.312 e. The molecule has 3 nitrogen and oxygen atoms in total. The summed E-state index contributed by atoms with van der Waals surface area (Å²) in [5.41, 5.74) is -0.345. The lowest BCUT2D eigenvalue weighted by atomic mass is 9.89. The molecule has 86 valence electrons. The van der Waals surface area contributed by atoms with Gasteiger partial charge in [0.25, 0.3) is 0 Å². The molecule has 1 saturated carbocycles. The van der Waals surface area contributed by atoms with E-state index in [1.54, 1.807) is 13.8 Å². The van der Waals surface area contributed by atoms with Crippen molar-refractivity contribution in [1.82, 2.24) is 0 Å². The van der Waals surface area contributed by atoms with Crippen molar-refractivity contribution in [3.63, 3.8) is 0 Å². The van der Waals surface area contributed by atoms with Gasteiger partial charge in [0.1, 0.15) is 0 Å². The fraction of sp³-hybridized carbons (Fsp3) is 0.833. The first kappa shape index (κ1) is 12.2. The van der Waals surface area contributed by atoms with Gasteiger partial charge in [-0.15, -0.1) is 0 Å². The van der Waals surface area contributed by atoms with Crippen molar-refractivity contribution in [3.8, 4) is 0 Å². The van der Waals surface area contributed by atoms with Gasteiger partial charge in [0.05, 0.1) is 5.41 Å². The molecule has 0 aromatic carbocycles. The van der Waals surface area contributed by atoms with Gasteiger partial charge in [-0.05, 0) is 26.7 Å². The second kappa shape index (κ2) is 4.77. The maximum Gasteiger partial charge on any atom is 0.312 e. The normalized spacial score (nSPS) is 21.0. The van der Waals surface area contributed by atoms with E-state index in [4.69, 9.17) is 4.74 Å². The fourth-order valence-electron chi connectivity index (χ4n) is 2.02. The van der Waals surface area contributed by atoms with Gasteiger partial charge < -0.3 is 4.74 Å². The number of ketones is 1. The number of hydrogen-bond acceptors (Lipinski definition) is 3. The zero-order chi connectivity index (χ0) is 11.5. The van der Waals surface area contributed by atoms with E-state index < -0.39 is 6.10 Å². The molecule has 0 radical (unpaired) electrons. The minimum absolute atomic E-state index is 0.00931. The highest BCUT2D eigenvalue weighted by atomic mass is 16.5. The Hall–Kier alpha value is -0.860. The largest absolute Gasteiger partial charge is 0.454 e. The lowest BCUT2D eigenvalue weighted by molar-refractivity contribution is -0.163. The first-order valence-corrected chi connectivity index (χ1v) is 5.73. The first-order valence-electron chi connectivity index (χ1n) is 5.73. The van der Waals surface area contributed by atoms with Gasteiger partial charge in [-0.3, -0.25) is 9.59 Å². The van der Waals surface area contributed by atoms with Gasteiger partial charge in [-0.1, -0.05) is 19.8 Å². The average Bonchev–Trinajstić information content (AvgIpc) is 2.65. The SMILES string of the molecule is CCC(=O)C(C)OC(=O)C1(C)CCCC1. The van der Waals surface area contributed by atoms with Gasteiger partial charge in [0, 0.05) is 6.42 Å². The van der Waals surface area contributed by atoms with Crippen molar-refractivity contribution in [2.75, 3.05) is 0 Å². The summed E-state index contributed by atoms with van der Waals surface area (Å²) in [6, 6.07) is 0. The first-order chi connectivity index (χ1) is 6.99. The van der Waals surface area contributed by atoms with E-state index >= 15 is 0 Å². The maximum absolute atomic E-state index is 11.8. The molecule has 1 aliphatic rings. The highest BCUT2D eigenvalue weighted by molar-refractivity contribution is 5.86. The molecular formula is C12H20O3. The van der Waals surface area contributed by atoms with E-state index in [1.807, 2.05) is 6.92 Å². The van der Waals surface area contributed by atoms with Crippen molar-refractivity contribution in [2.45, 2.75) is 59.0 Å². The van der Waals surface area contributed by atoms with Gasteiger partial charge in [0.15, 0.2) is 11.9 Å². The zero-order valence-corrected chi connectivity index (χ0v) is 9.84. The molecule has 0 aromatic heterocycles. The van der Waals surface area contributed by atoms with Crippen molar-refractivity contribution in [1.29, 1.82) is 0 Å². The van der Waals surface area contributed by atoms with E-state index in [0.717, 1.165) is 25.7 Å². The lowest BCUT2D eigenvalue weighted by Gasteiger charge is -2.23. The van der Waals surface area contributed by atoms with Crippen LogP contribution in [0.25, 0.3) is 0 Å². The summed E-state index contributed by atoms with van der Waals surface area (Å²) in [5.74, 6) is -0.209. The van der Waals surface area contributed by atoms with E-state index in [-0.39, 0.29) is 17.2 Å². The molecule has 0 aliphatic heterocycles. The summed E-state index contributed by atoms with van der Waals surface area (Å²) in [7, 11) is 0. The minimum Gasteiger partial charge on any atom is -0.454 e. The van der Waals surface area contributed by atoms with Crippen LogP contribution in [0, 0.1) is 5.41 Å². The standard InChI is InChI=1S/C12H20O3/c1-4-10(13)9(2)15-11(14)12(3)7-5-6-8-12/h9H,4-8H2,1-3H3. The summed E-state index contributed by atoms with van der Waals surface area (Å²) < 4.78 is 5.20. The molecule has 0 bridgehead atoms. The summed E-state index contributed by atoms with van der Waals surface area (Å²) in [5, 5.41) is 0. The molecule has 0 saturated heterocycles. The molecule has 1 rings (SSSR count). The molecule has 0 amide bonds. The predicted octanol–water partition coefficient (Wildman–Crippen LogP) is 2.48. The third kappa shape index (κ3) is 2.80. The Balaban J connectivity index is 2.51. The summed E-state index contributed by atoms with van der Waals surface area (Å²) >= 11 is 0. The highest BCUT2D eigenvalue weighted by Crippen LogP contribution is 2.38. The minimum atomic E-state index is -0.583. The van der Waals surface area contributed by atoms with E-state index in [2.05, 4.69) is 0 Å². The van der Waals surface area contributed by atoms with Crippen molar-refractivity contribution >= 4 is 11.8 Å². The molecule has 15 heavy (non-hydrogen) atoms. The molecule has 1 fully saturated rings. The zero-order valence-electron chi connectivity index (χ0n) is 9.84. The van der Waals surface area contributed by atoms with Gasteiger partial charge in [-0.25, -0.2) is 0 Å². The van der Waals surface area contributed by atoms with Crippen LogP contribution in [0.1, 0.15) is 52.9 Å². The Bertz CT molecular complexity index is 252. The molecule has 0 N–H and O–H groups in total. The van der Waals surface area contributed by atoms with Gasteiger partial charge in [0.2, 0.25) is 0 Å². The number of Topliss-reactive ketones (excluding diaryl/α,β-unsaturated/α-hetero) is 1. The highest BCUT2D eigenvalue weighted by Gasteiger charge is 2.38. The summed E-state index contributed by atoms with van der Waals surface area (Å²) in [6.07, 6.45) is 3.78. The second-order valence-electron chi connectivity index (χ2n) is 4.64. The van der Waals surface area contributed by atoms with Crippen LogP contribution in [0.15, 0.2) is 0 Å². The van der Waals surface area contributed by atoms with Crippen molar-refractivity contribution in [2.24, 2.45) is 5.41 Å². The molecule has 0 spiro atoms. The van der Waals surface area contributed by atoms with Crippen LogP contribution >= 0.6 is 0 Å². The number of ether oxygens (including phenoxy) is 1. The van der Waals surface area contributed by atoms with Crippen LogP contribution in [-0.4, -0.2) is 17.9 Å². The third-order valence-corrected chi connectivity index (χ3v) is 3.29. The number of carbonyl (C=O) groups excluding carboxylic acids is 2. The van der Waals surface area contributed by atoms with Crippen LogP contribution in [0.3, 0.4) is 0 Å². The van der Waals surface area contributed by atoms with Crippen LogP contribution in [0.2, 0.25) is 0 Å². The van der Waals surface area contributed by atoms with E-state index in [9.17, 15) is 9.59 Å². The lowest BCUT2D eigenvalue weighted by Crippen LogP contribution is -2.32. The molecule has 1 atom stereocenters. The van der Waals surface area contributed by atoms with Crippen LogP contribution in [0.4, 0.5) is 0 Å². The Labute approximate surface area is 91.2 Å². The Morgan fingerprint density at radius 3 is 2.33 bits per heavy atom. The molecule has 1 unspecified atom stereocenters. The molecule has 3 heteroatoms. The Kier molecular flexibility index (Phi) is 3.89. The van der Waals surface area contributed by atoms with E-state index in [1.165, 1.54) is 0 Å². The molecule has 0 heterocycles. The van der Waals surface area contributed by atoms with Crippen molar-refractivity contribution in [3.05, 3.63) is 0 Å². The second-order valence-corrected chi connectivity index (χ2v) is 4.64. The van der Waals surface area contributed by atoms with Crippen LogP contribution in [-0.2, 0) is 14.3 Å². The molecular weight excluding hydrogens is 192 g/mol. The molecule has 0 aromatic rings. The maximum atomic E-state index is 11.8. The Morgan fingerprint density at radius 1 is 1.33 bits per heavy atom. The summed E-state index contributed by atoms with van der Waals surface area (Å²) in [4.78, 5) is 23.1. The van der Waals surface area contributed by atoms with Crippen molar-refractivity contribution < 1.29 is 14.3 Å². The summed E-state index contributed by atoms with van der Waals surface area (Å²) in [6.45, 7) is 5.37. The van der Waals surface area contributed by atoms with Gasteiger partial charge >= 0.3 is 5.97 Å². The number of esters is 1. The molecule has 1 aliphatic carbocycles. The van der Waals surface area contributed by atoms with Gasteiger partial charge in [-0.2, -0.15) is 0 Å². The van der Waals surface area contributed by atoms with Crippen LogP contribution in [0.5, 0.6) is 0 Å². The quantitative estimate of drug-likeness (QED) is 0.672. The number of hydrogen-bond donors (Lipinski definition) is 0. The third-order valence-electron chi connectivity index (χ3n) is 3.29. The van der Waals surface area contributed by atoms with E-state index in [0.29, 0.717) is 6.42 Å². The monoisotopic (exact) mass is 212 g/mol. The number of rotatable bonds is 4. The van der Waals surface area contributed by atoms with Crippen LogP contribution < -0.4 is 0 Å². The number of carbonyl (C=O) groups is 2. The predicted molar refractivity (Wildman–Crippen MR) is 57.4 cm³/mol. The topological polar surface area (TPSA) is 43.4 Å². The average molecular weight is 212 g/mol. The Morgan fingerprint density at radius 2 is 1.87 bits per heavy atom.